The fourth-order valence-electron chi connectivity index (χ4n) is 8.55. The number of quaternary nitrogens is 1. The predicted molar refractivity (Wildman–Crippen MR) is 286 cm³/mol. The van der Waals surface area contributed by atoms with Gasteiger partial charge < -0.3 is 28.6 Å². The van der Waals surface area contributed by atoms with E-state index in [0.717, 1.165) is 64.2 Å². The Labute approximate surface area is 420 Å². The van der Waals surface area contributed by atoms with Gasteiger partial charge in [0.2, 0.25) is 0 Å². The molecule has 2 unspecified atom stereocenters. The number of aliphatic carboxylic acids is 1. The van der Waals surface area contributed by atoms with Crippen LogP contribution in [0.2, 0.25) is 0 Å². The summed E-state index contributed by atoms with van der Waals surface area (Å²) in [5.74, 6) is -1.73. The number of carbonyl (C=O) groups excluding carboxylic acids is 3. The Kier molecular flexibility index (Phi) is 48.7. The monoisotopic (exact) mass is 956 g/mol. The number of rotatable bonds is 52. The first-order valence-corrected chi connectivity index (χ1v) is 28.7. The first-order chi connectivity index (χ1) is 33.1. The minimum absolute atomic E-state index is 0.0387. The fraction of sp³-hybridized carbons (Fsp3) is 0.817. The van der Waals surface area contributed by atoms with Crippen LogP contribution in [0.15, 0.2) is 48.6 Å². The first kappa shape index (κ1) is 65.3. The van der Waals surface area contributed by atoms with Gasteiger partial charge in [-0.15, -0.1) is 0 Å². The molecule has 68 heavy (non-hydrogen) atoms. The molecule has 0 aromatic carbocycles. The van der Waals surface area contributed by atoms with E-state index in [1.165, 1.54) is 167 Å². The zero-order valence-electron chi connectivity index (χ0n) is 45.3. The van der Waals surface area contributed by atoms with Gasteiger partial charge in [0.15, 0.2) is 6.10 Å². The van der Waals surface area contributed by atoms with Crippen molar-refractivity contribution in [3.8, 4) is 0 Å². The van der Waals surface area contributed by atoms with E-state index in [1.807, 2.05) is 21.1 Å². The van der Waals surface area contributed by atoms with Crippen molar-refractivity contribution in [2.75, 3.05) is 41.0 Å². The number of allylic oxidation sites excluding steroid dienone is 8. The van der Waals surface area contributed by atoms with Crippen molar-refractivity contribution in [2.24, 2.45) is 0 Å². The third kappa shape index (κ3) is 48.3. The van der Waals surface area contributed by atoms with Crippen LogP contribution in [0.4, 0.5) is 0 Å². The number of hydrogen-bond acceptors (Lipinski definition) is 7. The third-order valence-electron chi connectivity index (χ3n) is 12.9. The van der Waals surface area contributed by atoms with Gasteiger partial charge in [0.05, 0.1) is 40.3 Å². The SMILES string of the molecule is CC/C=C/C/C=C/CCCCCCCCCCCCCCCCC(=O)OCC(COCCC(C(=O)[O-])[N+](C)(C)C)OC(=O)CCCCCCCCC/C=C/C/C=C/CCCCCCCCCCC. The zero-order valence-corrected chi connectivity index (χ0v) is 45.3. The van der Waals surface area contributed by atoms with Gasteiger partial charge >= 0.3 is 11.9 Å². The topological polar surface area (TPSA) is 102 Å². The summed E-state index contributed by atoms with van der Waals surface area (Å²) in [6, 6.07) is -0.728. The highest BCUT2D eigenvalue weighted by Gasteiger charge is 2.25. The summed E-state index contributed by atoms with van der Waals surface area (Å²) in [5, 5.41) is 11.7. The number of ether oxygens (including phenoxy) is 3. The Balaban J connectivity index is 4.17. The number of carboxylic acids is 1. The normalized spacial score (nSPS) is 13.1. The van der Waals surface area contributed by atoms with Crippen molar-refractivity contribution in [1.82, 2.24) is 0 Å². The van der Waals surface area contributed by atoms with Gasteiger partial charge in [0, 0.05) is 19.3 Å². The molecular formula is C60H109NO7. The lowest BCUT2D eigenvalue weighted by Gasteiger charge is -2.34. The van der Waals surface area contributed by atoms with Crippen LogP contribution in [0.25, 0.3) is 0 Å². The molecule has 0 rings (SSSR count). The van der Waals surface area contributed by atoms with Gasteiger partial charge in [-0.05, 0) is 70.6 Å². The maximum Gasteiger partial charge on any atom is 0.306 e. The molecule has 0 aromatic rings. The minimum Gasteiger partial charge on any atom is -0.544 e. The molecule has 0 radical (unpaired) electrons. The number of carbonyl (C=O) groups is 3. The Morgan fingerprint density at radius 3 is 1.21 bits per heavy atom. The van der Waals surface area contributed by atoms with Crippen LogP contribution in [-0.2, 0) is 28.6 Å². The van der Waals surface area contributed by atoms with Crippen LogP contribution in [0.3, 0.4) is 0 Å². The van der Waals surface area contributed by atoms with Crippen molar-refractivity contribution in [2.45, 2.75) is 276 Å². The van der Waals surface area contributed by atoms with Crippen LogP contribution < -0.4 is 5.11 Å². The van der Waals surface area contributed by atoms with Crippen molar-refractivity contribution < 1.29 is 38.2 Å². The van der Waals surface area contributed by atoms with Crippen molar-refractivity contribution in [3.63, 3.8) is 0 Å². The maximum absolute atomic E-state index is 12.8. The smallest absolute Gasteiger partial charge is 0.306 e. The molecule has 0 saturated heterocycles. The molecular weight excluding hydrogens is 847 g/mol. The van der Waals surface area contributed by atoms with E-state index < -0.39 is 18.1 Å². The van der Waals surface area contributed by atoms with E-state index in [9.17, 15) is 19.5 Å². The lowest BCUT2D eigenvalue weighted by atomic mass is 10.0. The summed E-state index contributed by atoms with van der Waals surface area (Å²) in [4.78, 5) is 37.2. The summed E-state index contributed by atoms with van der Waals surface area (Å²) in [6.07, 6.45) is 63.0. The van der Waals surface area contributed by atoms with Gasteiger partial charge in [0.1, 0.15) is 12.6 Å². The van der Waals surface area contributed by atoms with Gasteiger partial charge in [-0.1, -0.05) is 223 Å². The number of likely N-dealkylation sites (N-methyl/N-ethyl adjacent to an activating group) is 1. The minimum atomic E-state index is -1.12. The molecule has 0 aliphatic heterocycles. The summed E-state index contributed by atoms with van der Waals surface area (Å²) in [5.41, 5.74) is 0. The highest BCUT2D eigenvalue weighted by molar-refractivity contribution is 5.70. The van der Waals surface area contributed by atoms with Gasteiger partial charge in [0.25, 0.3) is 0 Å². The first-order valence-electron chi connectivity index (χ1n) is 28.7. The highest BCUT2D eigenvalue weighted by atomic mass is 16.6. The van der Waals surface area contributed by atoms with Crippen molar-refractivity contribution in [1.29, 1.82) is 0 Å². The number of hydrogen-bond donors (Lipinski definition) is 0. The van der Waals surface area contributed by atoms with E-state index >= 15 is 0 Å². The Morgan fingerprint density at radius 2 is 0.824 bits per heavy atom. The lowest BCUT2D eigenvalue weighted by Crippen LogP contribution is -2.55. The molecule has 0 aliphatic carbocycles. The molecule has 2 atom stereocenters. The molecule has 0 amide bonds. The average molecular weight is 957 g/mol. The van der Waals surface area contributed by atoms with Crippen LogP contribution in [0.5, 0.6) is 0 Å². The molecule has 8 heteroatoms. The molecule has 0 aliphatic rings. The molecule has 0 aromatic heterocycles. The Hall–Kier alpha value is -2.71. The van der Waals surface area contributed by atoms with Crippen molar-refractivity contribution in [3.05, 3.63) is 48.6 Å². The van der Waals surface area contributed by atoms with E-state index in [-0.39, 0.29) is 42.7 Å². The largest absolute Gasteiger partial charge is 0.544 e. The van der Waals surface area contributed by atoms with Gasteiger partial charge in [-0.2, -0.15) is 0 Å². The summed E-state index contributed by atoms with van der Waals surface area (Å²) >= 11 is 0. The molecule has 0 bridgehead atoms. The zero-order chi connectivity index (χ0) is 49.9. The maximum atomic E-state index is 12.8. The van der Waals surface area contributed by atoms with Crippen LogP contribution in [-0.4, -0.2) is 75.5 Å². The number of carboxylic acid groups (broad SMARTS) is 1. The second-order valence-electron chi connectivity index (χ2n) is 20.5. The van der Waals surface area contributed by atoms with Crippen LogP contribution in [0, 0.1) is 0 Å². The summed E-state index contributed by atoms with van der Waals surface area (Å²) in [7, 11) is 5.42. The van der Waals surface area contributed by atoms with E-state index in [2.05, 4.69) is 62.5 Å². The van der Waals surface area contributed by atoms with Gasteiger partial charge in [-0.3, -0.25) is 9.59 Å². The molecule has 0 saturated carbocycles. The van der Waals surface area contributed by atoms with E-state index in [1.54, 1.807) is 0 Å². The second-order valence-corrected chi connectivity index (χ2v) is 20.5. The highest BCUT2D eigenvalue weighted by Crippen LogP contribution is 2.16. The molecule has 0 fully saturated rings. The Morgan fingerprint density at radius 1 is 0.456 bits per heavy atom. The van der Waals surface area contributed by atoms with Crippen molar-refractivity contribution >= 4 is 17.9 Å². The van der Waals surface area contributed by atoms with E-state index in [0.29, 0.717) is 12.8 Å². The van der Waals surface area contributed by atoms with Gasteiger partial charge in [-0.25, -0.2) is 0 Å². The summed E-state index contributed by atoms with van der Waals surface area (Å²) in [6.45, 7) is 4.59. The number of unbranched alkanes of at least 4 members (excludes halogenated alkanes) is 30. The molecule has 8 nitrogen and oxygen atoms in total. The Bertz CT molecular complexity index is 1250. The standard InChI is InChI=1S/C60H109NO7/c1-6-8-10-12-14-16-18-20-22-24-26-28-29-31-33-35-37-39-41-43-45-47-49-51-59(63)68-56(54-66-53-52-57(60(64)65)61(3,4)5)55-67-58(62)50-48-46-44-42-40-38-36-34-32-30-27-25-23-21-19-17-15-13-11-9-7-2/h9,11,15,17,26,28,31,33,56-57H,6-8,10,12-14,16,18-25,27,29-30,32,34-55H2,1-5H3/b11-9+,17-15+,28-26+,33-31+. The third-order valence-corrected chi connectivity index (χ3v) is 12.9. The molecule has 0 N–H and O–H groups in total. The van der Waals surface area contributed by atoms with E-state index in [4.69, 9.17) is 14.2 Å². The average Bonchev–Trinajstić information content (AvgIpc) is 3.30. The second kappa shape index (κ2) is 50.7. The molecule has 0 heterocycles. The summed E-state index contributed by atoms with van der Waals surface area (Å²) < 4.78 is 17.3. The van der Waals surface area contributed by atoms with Crippen LogP contribution >= 0.6 is 0 Å². The number of esters is 2. The molecule has 396 valence electrons. The lowest BCUT2D eigenvalue weighted by molar-refractivity contribution is -0.889. The quantitative estimate of drug-likeness (QED) is 0.0259. The molecule has 0 spiro atoms. The van der Waals surface area contributed by atoms with Crippen LogP contribution in [0.1, 0.15) is 264 Å². The fourth-order valence-corrected chi connectivity index (χ4v) is 8.55. The number of nitrogens with zero attached hydrogens (tertiary/aromatic N) is 1. The predicted octanol–water partition coefficient (Wildman–Crippen LogP) is 15.8.